The van der Waals surface area contributed by atoms with E-state index in [1.54, 1.807) is 11.9 Å². The number of likely N-dealkylation sites (N-methyl/N-ethyl adjacent to an activating group) is 1. The predicted molar refractivity (Wildman–Crippen MR) is 105 cm³/mol. The van der Waals surface area contributed by atoms with Gasteiger partial charge < -0.3 is 10.2 Å². The van der Waals surface area contributed by atoms with Gasteiger partial charge in [0.05, 0.1) is 21.9 Å². The lowest BCUT2D eigenvalue weighted by molar-refractivity contribution is -0.116. The minimum atomic E-state index is -0.285. The number of thioether (sulfide) groups is 1. The minimum Gasteiger partial charge on any atom is -0.311 e. The van der Waals surface area contributed by atoms with Gasteiger partial charge in [-0.15, -0.1) is 0 Å². The van der Waals surface area contributed by atoms with Crippen LogP contribution in [0.2, 0.25) is 0 Å². The Balaban J connectivity index is 1.71. The van der Waals surface area contributed by atoms with Gasteiger partial charge in [-0.3, -0.25) is 9.59 Å². The SMILES string of the molecule is CCc1ccc(N=C2NC(=O)/C(=C3/C(=O)N(C)c4ccccc43)S2)cc1. The molecular weight excluding hydrogens is 346 g/mol. The molecule has 26 heavy (non-hydrogen) atoms. The number of amidine groups is 1. The van der Waals surface area contributed by atoms with Gasteiger partial charge in [0.1, 0.15) is 0 Å². The fourth-order valence-electron chi connectivity index (χ4n) is 3.05. The molecule has 4 rings (SSSR count). The molecule has 2 heterocycles. The number of nitrogens with one attached hydrogen (secondary N) is 1. The molecule has 2 aliphatic heterocycles. The highest BCUT2D eigenvalue weighted by molar-refractivity contribution is 8.18. The highest BCUT2D eigenvalue weighted by Crippen LogP contribution is 2.42. The summed E-state index contributed by atoms with van der Waals surface area (Å²) in [6.45, 7) is 2.10. The number of benzene rings is 2. The normalized spacial score (nSPS) is 20.7. The lowest BCUT2D eigenvalue weighted by Crippen LogP contribution is -2.23. The molecule has 0 saturated carbocycles. The van der Waals surface area contributed by atoms with Crippen LogP contribution in [0.3, 0.4) is 0 Å². The van der Waals surface area contributed by atoms with Crippen molar-refractivity contribution in [3.8, 4) is 0 Å². The number of aryl methyl sites for hydroxylation is 1. The van der Waals surface area contributed by atoms with Crippen LogP contribution in [0.5, 0.6) is 0 Å². The van der Waals surface area contributed by atoms with E-state index in [9.17, 15) is 9.59 Å². The second-order valence-electron chi connectivity index (χ2n) is 6.08. The van der Waals surface area contributed by atoms with Crippen molar-refractivity contribution in [1.82, 2.24) is 5.32 Å². The van der Waals surface area contributed by atoms with Crippen molar-refractivity contribution in [2.45, 2.75) is 13.3 Å². The number of nitrogens with zero attached hydrogens (tertiary/aromatic N) is 2. The molecule has 0 unspecified atom stereocenters. The summed E-state index contributed by atoms with van der Waals surface area (Å²) in [5.41, 5.74) is 4.04. The van der Waals surface area contributed by atoms with Crippen LogP contribution >= 0.6 is 11.8 Å². The standard InChI is InChI=1S/C20H17N3O2S/c1-3-12-8-10-13(11-9-12)21-20-22-18(24)17(26-20)16-14-6-4-5-7-15(14)23(2)19(16)25/h4-11H,3H2,1-2H3,(H,21,22,24)/b17-16-. The van der Waals surface area contributed by atoms with Crippen molar-refractivity contribution in [2.75, 3.05) is 11.9 Å². The van der Waals surface area contributed by atoms with Gasteiger partial charge in [0.25, 0.3) is 11.8 Å². The summed E-state index contributed by atoms with van der Waals surface area (Å²) in [4.78, 5) is 31.6. The third kappa shape index (κ3) is 2.72. The van der Waals surface area contributed by atoms with E-state index < -0.39 is 0 Å². The van der Waals surface area contributed by atoms with E-state index in [2.05, 4.69) is 17.2 Å². The van der Waals surface area contributed by atoms with Crippen LogP contribution in [-0.4, -0.2) is 24.0 Å². The Morgan fingerprint density at radius 1 is 1.08 bits per heavy atom. The van der Waals surface area contributed by atoms with E-state index in [0.29, 0.717) is 15.6 Å². The van der Waals surface area contributed by atoms with Gasteiger partial charge in [-0.1, -0.05) is 37.3 Å². The van der Waals surface area contributed by atoms with E-state index in [4.69, 9.17) is 0 Å². The van der Waals surface area contributed by atoms with Crippen molar-refractivity contribution < 1.29 is 9.59 Å². The number of carbonyl (C=O) groups is 2. The van der Waals surface area contributed by atoms with Gasteiger partial charge in [-0.05, 0) is 41.9 Å². The first-order chi connectivity index (χ1) is 12.6. The summed E-state index contributed by atoms with van der Waals surface area (Å²) in [6, 6.07) is 15.4. The number of amides is 2. The van der Waals surface area contributed by atoms with Gasteiger partial charge in [-0.25, -0.2) is 4.99 Å². The zero-order valence-electron chi connectivity index (χ0n) is 14.4. The molecule has 0 spiro atoms. The molecule has 5 nitrogen and oxygen atoms in total. The summed E-state index contributed by atoms with van der Waals surface area (Å²) in [5.74, 6) is -0.454. The van der Waals surface area contributed by atoms with Crippen molar-refractivity contribution in [3.63, 3.8) is 0 Å². The first-order valence-corrected chi connectivity index (χ1v) is 9.18. The summed E-state index contributed by atoms with van der Waals surface area (Å²) in [7, 11) is 1.72. The average Bonchev–Trinajstić information content (AvgIpc) is 3.13. The zero-order valence-corrected chi connectivity index (χ0v) is 15.3. The van der Waals surface area contributed by atoms with Gasteiger partial charge >= 0.3 is 0 Å². The Bertz CT molecular complexity index is 977. The maximum atomic E-state index is 12.7. The number of fused-ring (bicyclic) bond motifs is 1. The van der Waals surface area contributed by atoms with Crippen molar-refractivity contribution in [3.05, 3.63) is 64.6 Å². The van der Waals surface area contributed by atoms with Crippen molar-refractivity contribution in [1.29, 1.82) is 0 Å². The van der Waals surface area contributed by atoms with Crippen LogP contribution in [0.15, 0.2) is 58.4 Å². The highest BCUT2D eigenvalue weighted by Gasteiger charge is 2.37. The second kappa shape index (κ2) is 6.46. The number of anilines is 1. The largest absolute Gasteiger partial charge is 0.311 e. The fraction of sp³-hybridized carbons (Fsp3) is 0.150. The number of para-hydroxylation sites is 1. The molecule has 0 aromatic heterocycles. The molecule has 0 atom stereocenters. The number of rotatable bonds is 2. The molecule has 2 aliphatic rings. The van der Waals surface area contributed by atoms with Crippen LogP contribution in [-0.2, 0) is 16.0 Å². The molecule has 0 aliphatic carbocycles. The quantitative estimate of drug-likeness (QED) is 0.831. The third-order valence-corrected chi connectivity index (χ3v) is 5.46. The number of aliphatic imine (C=N–C) groups is 1. The minimum absolute atomic E-state index is 0.169. The monoisotopic (exact) mass is 363 g/mol. The summed E-state index contributed by atoms with van der Waals surface area (Å²) < 4.78 is 0. The molecule has 1 saturated heterocycles. The van der Waals surface area contributed by atoms with Gasteiger partial charge in [0, 0.05) is 12.6 Å². The second-order valence-corrected chi connectivity index (χ2v) is 7.08. The topological polar surface area (TPSA) is 61.8 Å². The Hall–Kier alpha value is -2.86. The molecular formula is C20H17N3O2S. The smallest absolute Gasteiger partial charge is 0.264 e. The first kappa shape index (κ1) is 16.6. The molecule has 6 heteroatoms. The van der Waals surface area contributed by atoms with E-state index >= 15 is 0 Å². The van der Waals surface area contributed by atoms with Crippen molar-refractivity contribution >= 4 is 45.7 Å². The molecule has 2 aromatic carbocycles. The number of hydrogen-bond donors (Lipinski definition) is 1. The lowest BCUT2D eigenvalue weighted by atomic mass is 10.1. The third-order valence-electron chi connectivity index (χ3n) is 4.48. The molecule has 2 aromatic rings. The zero-order chi connectivity index (χ0) is 18.3. The van der Waals surface area contributed by atoms with E-state index in [-0.39, 0.29) is 11.8 Å². The van der Waals surface area contributed by atoms with Gasteiger partial charge in [0.15, 0.2) is 5.17 Å². The van der Waals surface area contributed by atoms with Crippen LogP contribution in [0, 0.1) is 0 Å². The van der Waals surface area contributed by atoms with E-state index in [1.807, 2.05) is 48.5 Å². The molecule has 0 radical (unpaired) electrons. The number of carbonyl (C=O) groups excluding carboxylic acids is 2. The van der Waals surface area contributed by atoms with E-state index in [0.717, 1.165) is 23.4 Å². The fourth-order valence-corrected chi connectivity index (χ4v) is 3.98. The molecule has 1 N–H and O–H groups in total. The van der Waals surface area contributed by atoms with Crippen LogP contribution < -0.4 is 10.2 Å². The summed E-state index contributed by atoms with van der Waals surface area (Å²) in [6.07, 6.45) is 0.966. The maximum absolute atomic E-state index is 12.7. The molecule has 1 fully saturated rings. The predicted octanol–water partition coefficient (Wildman–Crippen LogP) is 3.49. The first-order valence-electron chi connectivity index (χ1n) is 8.37. The molecule has 0 bridgehead atoms. The van der Waals surface area contributed by atoms with Gasteiger partial charge in [0.2, 0.25) is 0 Å². The maximum Gasteiger partial charge on any atom is 0.264 e. The molecule has 130 valence electrons. The summed E-state index contributed by atoms with van der Waals surface area (Å²) in [5, 5.41) is 3.26. The lowest BCUT2D eigenvalue weighted by Gasteiger charge is -2.08. The van der Waals surface area contributed by atoms with Crippen molar-refractivity contribution in [2.24, 2.45) is 4.99 Å². The van der Waals surface area contributed by atoms with Crippen LogP contribution in [0.25, 0.3) is 5.57 Å². The van der Waals surface area contributed by atoms with Crippen LogP contribution in [0.1, 0.15) is 18.1 Å². The Morgan fingerprint density at radius 2 is 1.81 bits per heavy atom. The number of hydrogen-bond acceptors (Lipinski definition) is 4. The molecule has 2 amide bonds. The average molecular weight is 363 g/mol. The summed E-state index contributed by atoms with van der Waals surface area (Å²) >= 11 is 1.21. The highest BCUT2D eigenvalue weighted by atomic mass is 32.2. The van der Waals surface area contributed by atoms with E-state index in [1.165, 1.54) is 17.3 Å². The Kier molecular flexibility index (Phi) is 4.12. The van der Waals surface area contributed by atoms with Crippen LogP contribution in [0.4, 0.5) is 11.4 Å². The van der Waals surface area contributed by atoms with Gasteiger partial charge in [-0.2, -0.15) is 0 Å². The Morgan fingerprint density at radius 3 is 2.54 bits per heavy atom. The Labute approximate surface area is 155 Å².